The molecule has 0 N–H and O–H groups in total. The first kappa shape index (κ1) is 13.6. The Morgan fingerprint density at radius 2 is 1.60 bits per heavy atom. The van der Waals surface area contributed by atoms with Crippen LogP contribution in [0.5, 0.6) is 0 Å². The summed E-state index contributed by atoms with van der Waals surface area (Å²) in [4.78, 5) is 0. The molecule has 0 amide bonds. The summed E-state index contributed by atoms with van der Waals surface area (Å²) in [7, 11) is -2.69. The fourth-order valence-corrected chi connectivity index (χ4v) is 16.4. The number of allylic oxidation sites excluding steroid dienone is 4. The molecule has 0 saturated carbocycles. The molecule has 0 fully saturated rings. The molecule has 1 rings (SSSR count). The van der Waals surface area contributed by atoms with Gasteiger partial charge in [0.25, 0.3) is 0 Å². The summed E-state index contributed by atoms with van der Waals surface area (Å²) in [5.41, 5.74) is 0. The molecule has 0 radical (unpaired) electrons. The van der Waals surface area contributed by atoms with E-state index in [2.05, 4.69) is 57.0 Å². The van der Waals surface area contributed by atoms with Crippen LogP contribution in [0.15, 0.2) is 24.3 Å². The Balaban J connectivity index is 2.35. The summed E-state index contributed by atoms with van der Waals surface area (Å²) in [5.74, 6) is 0. The SMILES string of the molecule is C[Si](C)(C)O[Si](C)(C)[CH2][Pt][CH]1C=CC=C1. The molecule has 0 bridgehead atoms. The normalized spacial score (nSPS) is 17.9. The van der Waals surface area contributed by atoms with E-state index >= 15 is 0 Å². The first-order valence-corrected chi connectivity index (χ1v) is 14.8. The maximum absolute atomic E-state index is 6.34. The van der Waals surface area contributed by atoms with E-state index < -0.39 is 16.6 Å². The van der Waals surface area contributed by atoms with Crippen molar-refractivity contribution in [3.63, 3.8) is 0 Å². The van der Waals surface area contributed by atoms with Gasteiger partial charge in [0, 0.05) is 0 Å². The summed E-state index contributed by atoms with van der Waals surface area (Å²) >= 11 is 0.252. The summed E-state index contributed by atoms with van der Waals surface area (Å²) in [6.45, 7) is 11.7. The van der Waals surface area contributed by atoms with Crippen LogP contribution in [-0.2, 0) is 22.7 Å². The van der Waals surface area contributed by atoms with Crippen molar-refractivity contribution >= 4 is 16.6 Å². The zero-order valence-corrected chi connectivity index (χ0v) is 14.6. The summed E-state index contributed by atoms with van der Waals surface area (Å²) in [6.07, 6.45) is 9.04. The van der Waals surface area contributed by atoms with E-state index in [9.17, 15) is 0 Å². The Morgan fingerprint density at radius 1 is 1.07 bits per heavy atom. The molecule has 1 aliphatic rings. The average Bonchev–Trinajstić information content (AvgIpc) is 2.47. The Hall–Kier alpha value is 0.562. The fourth-order valence-electron chi connectivity index (χ4n) is 1.56. The van der Waals surface area contributed by atoms with Crippen LogP contribution in [0.2, 0.25) is 41.5 Å². The fraction of sp³-hybridized carbons (Fsp3) is 0.636. The maximum atomic E-state index is 6.34. The van der Waals surface area contributed by atoms with Crippen molar-refractivity contribution < 1.29 is 22.7 Å². The van der Waals surface area contributed by atoms with Gasteiger partial charge >= 0.3 is 105 Å². The minimum atomic E-state index is -1.36. The number of hydrogen-bond donors (Lipinski definition) is 0. The van der Waals surface area contributed by atoms with Crippen LogP contribution in [0, 0.1) is 0 Å². The molecule has 15 heavy (non-hydrogen) atoms. The predicted octanol–water partition coefficient (Wildman–Crippen LogP) is 4.00. The van der Waals surface area contributed by atoms with Crippen LogP contribution in [-0.4, -0.2) is 16.6 Å². The van der Waals surface area contributed by atoms with Crippen LogP contribution >= 0.6 is 0 Å². The minimum absolute atomic E-state index is 0.252. The zero-order chi connectivity index (χ0) is 11.5. The molecule has 1 nitrogen and oxygen atoms in total. The molecule has 0 heterocycles. The van der Waals surface area contributed by atoms with Gasteiger partial charge in [0.15, 0.2) is 0 Å². The zero-order valence-electron chi connectivity index (χ0n) is 10.3. The van der Waals surface area contributed by atoms with Gasteiger partial charge < -0.3 is 0 Å². The third kappa shape index (κ3) is 6.01. The third-order valence-corrected chi connectivity index (χ3v) is 16.2. The molecule has 0 saturated heterocycles. The molecular formula is C11H22OPtSi2. The number of rotatable bonds is 5. The van der Waals surface area contributed by atoms with Gasteiger partial charge in [0.1, 0.15) is 0 Å². The molecule has 0 aromatic carbocycles. The van der Waals surface area contributed by atoms with Crippen LogP contribution in [0.1, 0.15) is 0 Å². The molecule has 0 aromatic rings. The summed E-state index contributed by atoms with van der Waals surface area (Å²) in [6, 6.07) is 0. The first-order chi connectivity index (χ1) is 6.79. The molecule has 0 aliphatic heterocycles. The molecule has 0 atom stereocenters. The van der Waals surface area contributed by atoms with E-state index in [1.807, 2.05) is 0 Å². The summed E-state index contributed by atoms with van der Waals surface area (Å²) < 4.78 is 8.51. The third-order valence-electron chi connectivity index (χ3n) is 1.74. The van der Waals surface area contributed by atoms with Crippen LogP contribution in [0.25, 0.3) is 0 Å². The standard InChI is InChI=1S/C6H17OSi2.C5H5.Pt/c1-8(2,3)7-9(4,5)6;1-2-4-5-3-1;/h1H2,2-6H3;1-5H;. The van der Waals surface area contributed by atoms with Crippen molar-refractivity contribution in [2.45, 2.75) is 41.5 Å². The van der Waals surface area contributed by atoms with Gasteiger partial charge in [-0.15, -0.1) is 0 Å². The molecule has 0 unspecified atom stereocenters. The van der Waals surface area contributed by atoms with Crippen LogP contribution in [0.4, 0.5) is 0 Å². The number of hydrogen-bond acceptors (Lipinski definition) is 1. The van der Waals surface area contributed by atoms with Crippen molar-refractivity contribution in [3.8, 4) is 0 Å². The van der Waals surface area contributed by atoms with Gasteiger partial charge in [0.05, 0.1) is 0 Å². The topological polar surface area (TPSA) is 9.23 Å². The van der Waals surface area contributed by atoms with E-state index in [0.717, 1.165) is 4.31 Å². The van der Waals surface area contributed by atoms with Crippen LogP contribution < -0.4 is 0 Å². The quantitative estimate of drug-likeness (QED) is 0.610. The van der Waals surface area contributed by atoms with Crippen molar-refractivity contribution in [1.82, 2.24) is 0 Å². The van der Waals surface area contributed by atoms with E-state index in [4.69, 9.17) is 4.12 Å². The van der Waals surface area contributed by atoms with Crippen molar-refractivity contribution in [1.29, 1.82) is 0 Å². The second-order valence-corrected chi connectivity index (χ2v) is 19.0. The van der Waals surface area contributed by atoms with E-state index in [-0.39, 0.29) is 18.6 Å². The monoisotopic (exact) mass is 421 g/mol. The van der Waals surface area contributed by atoms with Crippen molar-refractivity contribution in [3.05, 3.63) is 24.3 Å². The Morgan fingerprint density at radius 3 is 2.07 bits per heavy atom. The molecule has 90 valence electrons. The Labute approximate surface area is 105 Å². The molecule has 0 spiro atoms. The van der Waals surface area contributed by atoms with E-state index in [1.54, 1.807) is 0 Å². The van der Waals surface area contributed by atoms with Gasteiger partial charge in [-0.3, -0.25) is 0 Å². The van der Waals surface area contributed by atoms with Crippen LogP contribution in [0.3, 0.4) is 0 Å². The second kappa shape index (κ2) is 5.26. The molecule has 0 aromatic heterocycles. The van der Waals surface area contributed by atoms with Crippen molar-refractivity contribution in [2.24, 2.45) is 0 Å². The van der Waals surface area contributed by atoms with Crippen molar-refractivity contribution in [2.75, 3.05) is 0 Å². The molecule has 4 heteroatoms. The molecular weight excluding hydrogens is 399 g/mol. The van der Waals surface area contributed by atoms with Gasteiger partial charge in [-0.05, 0) is 0 Å². The van der Waals surface area contributed by atoms with Gasteiger partial charge in [-0.1, -0.05) is 0 Å². The Bertz CT molecular complexity index is 254. The van der Waals surface area contributed by atoms with E-state index in [0.29, 0.717) is 0 Å². The Kier molecular flexibility index (Phi) is 4.78. The second-order valence-electron chi connectivity index (χ2n) is 5.39. The molecule has 1 aliphatic carbocycles. The predicted molar refractivity (Wildman–Crippen MR) is 68.8 cm³/mol. The van der Waals surface area contributed by atoms with E-state index in [1.165, 1.54) is 4.43 Å². The first-order valence-electron chi connectivity index (χ1n) is 5.33. The van der Waals surface area contributed by atoms with Gasteiger partial charge in [-0.25, -0.2) is 0 Å². The summed E-state index contributed by atoms with van der Waals surface area (Å²) in [5, 5.41) is 0. The average molecular weight is 422 g/mol. The van der Waals surface area contributed by atoms with Gasteiger partial charge in [-0.2, -0.15) is 0 Å². The van der Waals surface area contributed by atoms with Gasteiger partial charge in [0.2, 0.25) is 0 Å².